The van der Waals surface area contributed by atoms with Gasteiger partial charge in [-0.15, -0.1) is 0 Å². The van der Waals surface area contributed by atoms with Gasteiger partial charge in [0.25, 0.3) is 0 Å². The fourth-order valence-electron chi connectivity index (χ4n) is 1.52. The van der Waals surface area contributed by atoms with Crippen LogP contribution in [0.5, 0.6) is 5.75 Å². The molecule has 0 aliphatic rings. The summed E-state index contributed by atoms with van der Waals surface area (Å²) in [7, 11) is 3.44. The number of methoxy groups -OCH3 is 1. The largest absolute Gasteiger partial charge is 0.497 e. The van der Waals surface area contributed by atoms with Gasteiger partial charge in [0.05, 0.1) is 7.11 Å². The summed E-state index contributed by atoms with van der Waals surface area (Å²) in [5.41, 5.74) is 1.83. The molecular formula is C13H20N2O2. The first-order chi connectivity index (χ1) is 8.08. The van der Waals surface area contributed by atoms with Gasteiger partial charge in [-0.1, -0.05) is 13.0 Å². The molecule has 0 saturated carbocycles. The third kappa shape index (κ3) is 3.75. The molecule has 0 heterocycles. The quantitative estimate of drug-likeness (QED) is 0.819. The molecule has 0 bridgehead atoms. The molecule has 4 heteroatoms. The normalized spacial score (nSPS) is 12.0. The van der Waals surface area contributed by atoms with E-state index in [2.05, 4.69) is 10.6 Å². The maximum Gasteiger partial charge on any atom is 0.228 e. The Labute approximate surface area is 102 Å². The van der Waals surface area contributed by atoms with Crippen LogP contribution in [0.3, 0.4) is 0 Å². The average molecular weight is 236 g/mol. The maximum atomic E-state index is 11.9. The number of rotatable bonds is 5. The zero-order chi connectivity index (χ0) is 12.8. The van der Waals surface area contributed by atoms with Crippen LogP contribution in [0.15, 0.2) is 18.2 Å². The first-order valence-electron chi connectivity index (χ1n) is 5.68. The summed E-state index contributed by atoms with van der Waals surface area (Å²) in [6.45, 7) is 4.51. The van der Waals surface area contributed by atoms with E-state index in [4.69, 9.17) is 4.74 Å². The van der Waals surface area contributed by atoms with Gasteiger partial charge < -0.3 is 15.4 Å². The molecule has 0 aliphatic carbocycles. The third-order valence-electron chi connectivity index (χ3n) is 2.66. The Morgan fingerprint density at radius 1 is 1.47 bits per heavy atom. The molecule has 0 saturated heterocycles. The van der Waals surface area contributed by atoms with E-state index in [-0.39, 0.29) is 11.8 Å². The molecule has 1 aromatic carbocycles. The van der Waals surface area contributed by atoms with Crippen molar-refractivity contribution in [3.63, 3.8) is 0 Å². The summed E-state index contributed by atoms with van der Waals surface area (Å²) < 4.78 is 5.14. The molecule has 0 spiro atoms. The second-order valence-electron chi connectivity index (χ2n) is 4.13. The monoisotopic (exact) mass is 236 g/mol. The molecule has 0 aromatic heterocycles. The minimum Gasteiger partial charge on any atom is -0.497 e. The van der Waals surface area contributed by atoms with Crippen LogP contribution < -0.4 is 15.4 Å². The average Bonchev–Trinajstić information content (AvgIpc) is 2.32. The number of benzene rings is 1. The predicted octanol–water partition coefficient (Wildman–Crippen LogP) is 1.80. The van der Waals surface area contributed by atoms with Crippen molar-refractivity contribution in [3.05, 3.63) is 23.8 Å². The zero-order valence-corrected chi connectivity index (χ0v) is 10.8. The lowest BCUT2D eigenvalue weighted by atomic mass is 10.1. The molecule has 1 atom stereocenters. The Kier molecular flexibility index (Phi) is 4.97. The zero-order valence-electron chi connectivity index (χ0n) is 10.8. The fraction of sp³-hybridized carbons (Fsp3) is 0.462. The minimum atomic E-state index is -0.0643. The molecule has 2 N–H and O–H groups in total. The van der Waals surface area contributed by atoms with Crippen LogP contribution in [-0.4, -0.2) is 26.6 Å². The summed E-state index contributed by atoms with van der Waals surface area (Å²) in [5.74, 6) is 0.688. The molecule has 1 aromatic rings. The second-order valence-corrected chi connectivity index (χ2v) is 4.13. The van der Waals surface area contributed by atoms with Crippen molar-refractivity contribution in [1.82, 2.24) is 5.32 Å². The van der Waals surface area contributed by atoms with Crippen LogP contribution in [0.4, 0.5) is 5.69 Å². The topological polar surface area (TPSA) is 50.4 Å². The highest BCUT2D eigenvalue weighted by Gasteiger charge is 2.13. The number of nitrogens with one attached hydrogen (secondary N) is 2. The first-order valence-corrected chi connectivity index (χ1v) is 5.68. The van der Waals surface area contributed by atoms with Gasteiger partial charge in [0.1, 0.15) is 5.75 Å². The molecule has 1 amide bonds. The third-order valence-corrected chi connectivity index (χ3v) is 2.66. The number of amides is 1. The van der Waals surface area contributed by atoms with Crippen molar-refractivity contribution in [3.8, 4) is 5.75 Å². The van der Waals surface area contributed by atoms with Gasteiger partial charge >= 0.3 is 0 Å². The van der Waals surface area contributed by atoms with E-state index >= 15 is 0 Å². The van der Waals surface area contributed by atoms with E-state index in [0.717, 1.165) is 17.0 Å². The SMILES string of the molecule is CNCC(C)C(=O)Nc1cc(OC)ccc1C. The highest BCUT2D eigenvalue weighted by atomic mass is 16.5. The van der Waals surface area contributed by atoms with Crippen molar-refractivity contribution in [2.45, 2.75) is 13.8 Å². The molecule has 1 unspecified atom stereocenters. The van der Waals surface area contributed by atoms with Gasteiger partial charge in [0.15, 0.2) is 0 Å². The van der Waals surface area contributed by atoms with Crippen LogP contribution in [-0.2, 0) is 4.79 Å². The molecule has 0 aliphatic heterocycles. The number of hydrogen-bond donors (Lipinski definition) is 2. The molecule has 4 nitrogen and oxygen atoms in total. The Bertz CT molecular complexity index is 391. The van der Waals surface area contributed by atoms with Crippen molar-refractivity contribution >= 4 is 11.6 Å². The van der Waals surface area contributed by atoms with Crippen molar-refractivity contribution in [2.24, 2.45) is 5.92 Å². The van der Waals surface area contributed by atoms with E-state index in [0.29, 0.717) is 6.54 Å². The number of carbonyl (C=O) groups is 1. The van der Waals surface area contributed by atoms with E-state index in [9.17, 15) is 4.79 Å². The standard InChI is InChI=1S/C13H20N2O2/c1-9-5-6-11(17-4)7-12(9)15-13(16)10(2)8-14-3/h5-7,10,14H,8H2,1-4H3,(H,15,16). The Morgan fingerprint density at radius 2 is 2.18 bits per heavy atom. The van der Waals surface area contributed by atoms with Gasteiger partial charge in [-0.25, -0.2) is 0 Å². The molecule has 0 fully saturated rings. The number of carbonyl (C=O) groups excluding carboxylic acids is 1. The van der Waals surface area contributed by atoms with Crippen LogP contribution in [0.2, 0.25) is 0 Å². The number of anilines is 1. The van der Waals surface area contributed by atoms with Crippen molar-refractivity contribution in [1.29, 1.82) is 0 Å². The molecule has 0 radical (unpaired) electrons. The van der Waals surface area contributed by atoms with E-state index in [1.54, 1.807) is 7.11 Å². The van der Waals surface area contributed by atoms with Gasteiger partial charge in [-0.05, 0) is 25.6 Å². The summed E-state index contributed by atoms with van der Waals surface area (Å²) >= 11 is 0. The first kappa shape index (κ1) is 13.5. The Morgan fingerprint density at radius 3 is 2.76 bits per heavy atom. The van der Waals surface area contributed by atoms with Crippen LogP contribution >= 0.6 is 0 Å². The van der Waals surface area contributed by atoms with Crippen LogP contribution in [0, 0.1) is 12.8 Å². The van der Waals surface area contributed by atoms with Crippen LogP contribution in [0.1, 0.15) is 12.5 Å². The number of ether oxygens (including phenoxy) is 1. The van der Waals surface area contributed by atoms with Gasteiger partial charge in [0.2, 0.25) is 5.91 Å². The molecule has 94 valence electrons. The molecule has 1 rings (SSSR count). The minimum absolute atomic E-state index is 0.00991. The molecule has 17 heavy (non-hydrogen) atoms. The number of hydrogen-bond acceptors (Lipinski definition) is 3. The predicted molar refractivity (Wildman–Crippen MR) is 69.5 cm³/mol. The summed E-state index contributed by atoms with van der Waals surface area (Å²) in [6, 6.07) is 5.64. The smallest absolute Gasteiger partial charge is 0.228 e. The fourth-order valence-corrected chi connectivity index (χ4v) is 1.52. The van der Waals surface area contributed by atoms with Gasteiger partial charge in [-0.2, -0.15) is 0 Å². The lowest BCUT2D eigenvalue weighted by Gasteiger charge is -2.14. The molecular weight excluding hydrogens is 216 g/mol. The lowest BCUT2D eigenvalue weighted by molar-refractivity contribution is -0.119. The van der Waals surface area contributed by atoms with Crippen molar-refractivity contribution in [2.75, 3.05) is 26.0 Å². The highest BCUT2D eigenvalue weighted by molar-refractivity contribution is 5.93. The van der Waals surface area contributed by atoms with Gasteiger partial charge in [0, 0.05) is 24.2 Å². The van der Waals surface area contributed by atoms with E-state index < -0.39 is 0 Å². The van der Waals surface area contributed by atoms with Gasteiger partial charge in [-0.3, -0.25) is 4.79 Å². The summed E-state index contributed by atoms with van der Waals surface area (Å²) in [4.78, 5) is 11.9. The van der Waals surface area contributed by atoms with Crippen LogP contribution in [0.25, 0.3) is 0 Å². The lowest BCUT2D eigenvalue weighted by Crippen LogP contribution is -2.28. The summed E-state index contributed by atoms with van der Waals surface area (Å²) in [5, 5.41) is 5.90. The highest BCUT2D eigenvalue weighted by Crippen LogP contribution is 2.22. The van der Waals surface area contributed by atoms with Crippen molar-refractivity contribution < 1.29 is 9.53 Å². The summed E-state index contributed by atoms with van der Waals surface area (Å²) in [6.07, 6.45) is 0. The number of aryl methyl sites for hydroxylation is 1. The second kappa shape index (κ2) is 6.25. The van der Waals surface area contributed by atoms with E-state index in [1.165, 1.54) is 0 Å². The Balaban J connectivity index is 2.76. The van der Waals surface area contributed by atoms with E-state index in [1.807, 2.05) is 39.1 Å². The Hall–Kier alpha value is -1.55. The maximum absolute atomic E-state index is 11.9.